The van der Waals surface area contributed by atoms with E-state index in [1.165, 1.54) is 30.3 Å². The van der Waals surface area contributed by atoms with E-state index in [2.05, 4.69) is 15.3 Å². The fourth-order valence-corrected chi connectivity index (χ4v) is 5.33. The molecule has 2 unspecified atom stereocenters. The average Bonchev–Trinajstić information content (AvgIpc) is 3.24. The van der Waals surface area contributed by atoms with E-state index in [4.69, 9.17) is 11.6 Å². The monoisotopic (exact) mass is 616 g/mol. The van der Waals surface area contributed by atoms with E-state index in [1.54, 1.807) is 6.07 Å². The van der Waals surface area contributed by atoms with E-state index in [1.807, 2.05) is 0 Å². The molecule has 15 heteroatoms. The molecule has 10 nitrogen and oxygen atoms in total. The molecular formula is C28H21ClF4N6O4. The highest BCUT2D eigenvalue weighted by molar-refractivity contribution is 6.31. The molecule has 3 aromatic rings. The van der Waals surface area contributed by atoms with Crippen molar-refractivity contribution in [1.82, 2.24) is 15.3 Å². The van der Waals surface area contributed by atoms with Crippen molar-refractivity contribution in [3.05, 3.63) is 82.6 Å². The fraction of sp³-hybridized carbons (Fsp3) is 0.286. The molecule has 2 aliphatic rings. The lowest BCUT2D eigenvalue weighted by atomic mass is 9.87. The second kappa shape index (κ2) is 11.6. The molecule has 222 valence electrons. The average molecular weight is 617 g/mol. The molecule has 1 aromatic heterocycles. The Morgan fingerprint density at radius 3 is 2.47 bits per heavy atom. The summed E-state index contributed by atoms with van der Waals surface area (Å²) in [4.78, 5) is 50.5. The van der Waals surface area contributed by atoms with Gasteiger partial charge in [-0.15, -0.1) is 0 Å². The number of nitrogens with one attached hydrogen (secondary N) is 1. The number of amides is 3. The van der Waals surface area contributed by atoms with Gasteiger partial charge in [-0.1, -0.05) is 29.8 Å². The maximum absolute atomic E-state index is 14.5. The van der Waals surface area contributed by atoms with E-state index in [-0.39, 0.29) is 16.3 Å². The lowest BCUT2D eigenvalue weighted by Crippen LogP contribution is -2.56. The van der Waals surface area contributed by atoms with Gasteiger partial charge in [-0.3, -0.25) is 24.2 Å². The number of hydrogen-bond acceptors (Lipinski definition) is 7. The van der Waals surface area contributed by atoms with Crippen LogP contribution < -0.4 is 15.1 Å². The van der Waals surface area contributed by atoms with E-state index >= 15 is 0 Å². The number of halogens is 5. The molecule has 0 bridgehead atoms. The maximum atomic E-state index is 14.5. The highest BCUT2D eigenvalue weighted by atomic mass is 35.5. The molecule has 2 fully saturated rings. The van der Waals surface area contributed by atoms with Gasteiger partial charge in [0.2, 0.25) is 11.9 Å². The predicted octanol–water partition coefficient (Wildman–Crippen LogP) is 3.43. The van der Waals surface area contributed by atoms with Gasteiger partial charge >= 0.3 is 0 Å². The molecule has 2 heterocycles. The highest BCUT2D eigenvalue weighted by Crippen LogP contribution is 2.40. The number of aromatic nitrogens is 2. The molecule has 1 aliphatic carbocycles. The summed E-state index contributed by atoms with van der Waals surface area (Å²) < 4.78 is 56.3. The Morgan fingerprint density at radius 2 is 1.84 bits per heavy atom. The topological polar surface area (TPSA) is 140 Å². The number of nitriles is 1. The van der Waals surface area contributed by atoms with Crippen LogP contribution in [-0.2, 0) is 14.4 Å². The summed E-state index contributed by atoms with van der Waals surface area (Å²) in [5.41, 5.74) is -0.660. The normalized spacial score (nSPS) is 20.2. The lowest BCUT2D eigenvalue weighted by molar-refractivity contribution is -0.133. The standard InChI is InChI=1S/C28H21ClF4N6O4/c29-20-4-2-1-3-19(20)23(24(41)36-17-11-28(32,33)12-17)38(18-8-14(30)7-15(31)9-18)25(42)21-10-22(40)26(43)39(21)27-35-6-5-16(13-34)37-27/h1-9,17,21-23,40H,10-12H2,(H,36,41)/t21?,22?,23-/m0/s1. The minimum Gasteiger partial charge on any atom is -0.383 e. The van der Waals surface area contributed by atoms with Crippen LogP contribution in [0.5, 0.6) is 0 Å². The Balaban J connectivity index is 1.65. The molecule has 3 amide bonds. The zero-order valence-corrected chi connectivity index (χ0v) is 22.7. The number of anilines is 2. The van der Waals surface area contributed by atoms with Gasteiger partial charge in [-0.05, 0) is 24.3 Å². The van der Waals surface area contributed by atoms with Crippen LogP contribution in [0.15, 0.2) is 54.7 Å². The number of rotatable bonds is 7. The van der Waals surface area contributed by atoms with E-state index in [0.717, 1.165) is 23.2 Å². The summed E-state index contributed by atoms with van der Waals surface area (Å²) in [6, 6.07) is 6.43. The van der Waals surface area contributed by atoms with Crippen LogP contribution in [0.2, 0.25) is 5.02 Å². The van der Waals surface area contributed by atoms with E-state index in [9.17, 15) is 42.3 Å². The first-order valence-corrected chi connectivity index (χ1v) is 13.2. The Labute approximate surface area is 246 Å². The predicted molar refractivity (Wildman–Crippen MR) is 143 cm³/mol. The van der Waals surface area contributed by atoms with Crippen molar-refractivity contribution in [2.75, 3.05) is 9.80 Å². The van der Waals surface area contributed by atoms with Crippen LogP contribution in [0.4, 0.5) is 29.2 Å². The van der Waals surface area contributed by atoms with Gasteiger partial charge in [0, 0.05) is 48.2 Å². The van der Waals surface area contributed by atoms with Crippen molar-refractivity contribution in [2.45, 2.75) is 49.4 Å². The summed E-state index contributed by atoms with van der Waals surface area (Å²) in [5, 5.41) is 22.1. The fourth-order valence-electron chi connectivity index (χ4n) is 5.09. The first-order chi connectivity index (χ1) is 20.4. The molecule has 3 atom stereocenters. The number of carbonyl (C=O) groups is 3. The van der Waals surface area contributed by atoms with Gasteiger partial charge in [0.15, 0.2) is 0 Å². The molecule has 0 radical (unpaired) electrons. The van der Waals surface area contributed by atoms with Crippen molar-refractivity contribution in [3.8, 4) is 6.07 Å². The van der Waals surface area contributed by atoms with Gasteiger partial charge in [0.25, 0.3) is 17.7 Å². The SMILES string of the molecule is N#Cc1ccnc(N2C(=O)C(O)CC2C(=O)N(c2cc(F)cc(F)c2)[C@H](C(=O)NC2CC(F)(F)C2)c2ccccc2Cl)n1. The van der Waals surface area contributed by atoms with Crippen LogP contribution in [0.25, 0.3) is 0 Å². The molecule has 5 rings (SSSR count). The van der Waals surface area contributed by atoms with Gasteiger partial charge in [0.1, 0.15) is 41.6 Å². The summed E-state index contributed by atoms with van der Waals surface area (Å²) in [6.07, 6.45) is -2.47. The molecular weight excluding hydrogens is 596 g/mol. The second-order valence-electron chi connectivity index (χ2n) is 10.1. The number of carbonyl (C=O) groups excluding carboxylic acids is 3. The van der Waals surface area contributed by atoms with Crippen molar-refractivity contribution in [3.63, 3.8) is 0 Å². The van der Waals surface area contributed by atoms with Crippen molar-refractivity contribution >= 4 is 41.0 Å². The Morgan fingerprint density at radius 1 is 1.16 bits per heavy atom. The van der Waals surface area contributed by atoms with Crippen molar-refractivity contribution < 1.29 is 37.1 Å². The minimum atomic E-state index is -3.00. The number of alkyl halides is 2. The van der Waals surface area contributed by atoms with Crippen LogP contribution in [0.3, 0.4) is 0 Å². The van der Waals surface area contributed by atoms with Crippen molar-refractivity contribution in [1.29, 1.82) is 5.26 Å². The molecule has 1 saturated heterocycles. The van der Waals surface area contributed by atoms with Crippen LogP contribution in [0, 0.1) is 23.0 Å². The van der Waals surface area contributed by atoms with Gasteiger partial charge in [-0.25, -0.2) is 27.5 Å². The zero-order valence-electron chi connectivity index (χ0n) is 21.9. The molecule has 0 spiro atoms. The molecule has 43 heavy (non-hydrogen) atoms. The Bertz CT molecular complexity index is 1630. The highest BCUT2D eigenvalue weighted by Gasteiger charge is 2.50. The van der Waals surface area contributed by atoms with E-state index in [0.29, 0.717) is 11.0 Å². The molecule has 2 aromatic carbocycles. The van der Waals surface area contributed by atoms with Crippen molar-refractivity contribution in [2.24, 2.45) is 0 Å². The third-order valence-corrected chi connectivity index (χ3v) is 7.39. The third kappa shape index (κ3) is 5.99. The summed E-state index contributed by atoms with van der Waals surface area (Å²) in [6.45, 7) is 0. The smallest absolute Gasteiger partial charge is 0.259 e. The Kier molecular flexibility index (Phi) is 8.04. The summed E-state index contributed by atoms with van der Waals surface area (Å²) >= 11 is 6.41. The van der Waals surface area contributed by atoms with Crippen LogP contribution in [-0.4, -0.2) is 56.9 Å². The maximum Gasteiger partial charge on any atom is 0.259 e. The third-order valence-electron chi connectivity index (χ3n) is 7.04. The first kappa shape index (κ1) is 29.9. The largest absolute Gasteiger partial charge is 0.383 e. The molecule has 1 aliphatic heterocycles. The number of aliphatic hydroxyl groups excluding tert-OH is 1. The van der Waals surface area contributed by atoms with Gasteiger partial charge in [0.05, 0.1) is 5.69 Å². The Hall–Kier alpha value is -4.61. The molecule has 1 saturated carbocycles. The quantitative estimate of drug-likeness (QED) is 0.388. The summed E-state index contributed by atoms with van der Waals surface area (Å²) in [7, 11) is 0. The van der Waals surface area contributed by atoms with E-state index < -0.39 is 90.4 Å². The molecule has 2 N–H and O–H groups in total. The van der Waals surface area contributed by atoms with Crippen LogP contribution in [0.1, 0.15) is 36.6 Å². The second-order valence-corrected chi connectivity index (χ2v) is 10.5. The zero-order chi connectivity index (χ0) is 31.1. The van der Waals surface area contributed by atoms with Gasteiger partial charge in [-0.2, -0.15) is 5.26 Å². The minimum absolute atomic E-state index is 0.0232. The summed E-state index contributed by atoms with van der Waals surface area (Å²) in [5.74, 6) is -8.76. The number of nitrogens with zero attached hydrogens (tertiary/aromatic N) is 5. The van der Waals surface area contributed by atoms with Crippen LogP contribution >= 0.6 is 11.6 Å². The number of benzene rings is 2. The van der Waals surface area contributed by atoms with Gasteiger partial charge < -0.3 is 10.4 Å². The first-order valence-electron chi connectivity index (χ1n) is 12.8. The number of hydrogen-bond donors (Lipinski definition) is 2. The number of aliphatic hydroxyl groups is 1. The lowest BCUT2D eigenvalue weighted by Gasteiger charge is -2.39.